The van der Waals surface area contributed by atoms with Gasteiger partial charge in [-0.25, -0.2) is 13.6 Å². The molecule has 7 heteroatoms. The van der Waals surface area contributed by atoms with E-state index in [1.54, 1.807) is 0 Å². The first-order valence-electron chi connectivity index (χ1n) is 6.80. The fraction of sp³-hybridized carbons (Fsp3) is 0.615. The fourth-order valence-corrected chi connectivity index (χ4v) is 3.15. The second kappa shape index (κ2) is 5.57. The van der Waals surface area contributed by atoms with Crippen molar-refractivity contribution in [3.63, 3.8) is 0 Å². The lowest BCUT2D eigenvalue weighted by Gasteiger charge is -2.33. The van der Waals surface area contributed by atoms with Crippen molar-refractivity contribution >= 4 is 15.9 Å². The lowest BCUT2D eigenvalue weighted by atomic mass is 9.76. The molecule has 0 spiro atoms. The van der Waals surface area contributed by atoms with E-state index in [0.29, 0.717) is 6.54 Å². The molecule has 4 N–H and O–H groups in total. The van der Waals surface area contributed by atoms with Crippen LogP contribution in [-0.2, 0) is 10.0 Å². The van der Waals surface area contributed by atoms with E-state index in [9.17, 15) is 13.2 Å². The molecule has 1 aliphatic carbocycles. The molecule has 0 atom stereocenters. The van der Waals surface area contributed by atoms with Gasteiger partial charge in [0, 0.05) is 12.7 Å². The van der Waals surface area contributed by atoms with E-state index in [2.05, 4.69) is 17.2 Å². The van der Waals surface area contributed by atoms with Crippen molar-refractivity contribution in [3.8, 4) is 0 Å². The van der Waals surface area contributed by atoms with Gasteiger partial charge in [0.05, 0.1) is 4.90 Å². The van der Waals surface area contributed by atoms with E-state index in [4.69, 9.17) is 5.14 Å². The van der Waals surface area contributed by atoms with Crippen molar-refractivity contribution in [1.82, 2.24) is 10.3 Å². The Morgan fingerprint density at radius 1 is 1.40 bits per heavy atom. The number of aromatic nitrogens is 1. The molecule has 1 saturated carbocycles. The molecule has 0 aliphatic heterocycles. The predicted octanol–water partition coefficient (Wildman–Crippen LogP) is 1.36. The molecule has 0 aromatic carbocycles. The maximum Gasteiger partial charge on any atom is 0.267 e. The number of hydrogen-bond donors (Lipinski definition) is 3. The molecule has 0 radical (unpaired) electrons. The Morgan fingerprint density at radius 3 is 2.60 bits per heavy atom. The number of nitrogens with two attached hydrogens (primary N) is 1. The third-order valence-electron chi connectivity index (χ3n) is 3.97. The summed E-state index contributed by atoms with van der Waals surface area (Å²) in [5.41, 5.74) is 0.358. The Kier molecular flexibility index (Phi) is 4.19. The van der Waals surface area contributed by atoms with Gasteiger partial charge in [-0.3, -0.25) is 4.79 Å². The van der Waals surface area contributed by atoms with Crippen molar-refractivity contribution in [2.24, 2.45) is 10.6 Å². The zero-order valence-corrected chi connectivity index (χ0v) is 12.4. The Balaban J connectivity index is 1.97. The van der Waals surface area contributed by atoms with Gasteiger partial charge in [-0.15, -0.1) is 0 Å². The largest absolute Gasteiger partial charge is 0.356 e. The molecule has 1 amide bonds. The number of hydrogen-bond acceptors (Lipinski definition) is 3. The lowest BCUT2D eigenvalue weighted by molar-refractivity contribution is 0.0915. The Morgan fingerprint density at radius 2 is 2.05 bits per heavy atom. The van der Waals surface area contributed by atoms with Gasteiger partial charge in [-0.2, -0.15) is 0 Å². The molecule has 20 heavy (non-hydrogen) atoms. The number of H-pyrrole nitrogens is 1. The van der Waals surface area contributed by atoms with Gasteiger partial charge in [-0.05, 0) is 24.3 Å². The van der Waals surface area contributed by atoms with Crippen LogP contribution in [0.15, 0.2) is 17.2 Å². The second-order valence-electron chi connectivity index (χ2n) is 5.85. The summed E-state index contributed by atoms with van der Waals surface area (Å²) in [7, 11) is -3.77. The minimum atomic E-state index is -3.77. The topological polar surface area (TPSA) is 105 Å². The predicted molar refractivity (Wildman–Crippen MR) is 75.7 cm³/mol. The molecule has 2 rings (SSSR count). The van der Waals surface area contributed by atoms with Gasteiger partial charge in [0.25, 0.3) is 5.91 Å². The summed E-state index contributed by atoms with van der Waals surface area (Å²) in [5, 5.41) is 7.87. The van der Waals surface area contributed by atoms with Crippen LogP contribution in [0, 0.1) is 5.41 Å². The van der Waals surface area contributed by atoms with Crippen LogP contribution in [0.25, 0.3) is 0 Å². The van der Waals surface area contributed by atoms with Crippen molar-refractivity contribution in [3.05, 3.63) is 18.0 Å². The average molecular weight is 299 g/mol. The summed E-state index contributed by atoms with van der Waals surface area (Å²) in [6.07, 6.45) is 7.11. The quantitative estimate of drug-likeness (QED) is 0.781. The maximum absolute atomic E-state index is 12.0. The molecule has 1 aliphatic rings. The van der Waals surface area contributed by atoms with Crippen LogP contribution in [0.4, 0.5) is 0 Å². The summed E-state index contributed by atoms with van der Waals surface area (Å²) in [6, 6.07) is 1.26. The first kappa shape index (κ1) is 15.1. The highest BCUT2D eigenvalue weighted by Crippen LogP contribution is 2.34. The van der Waals surface area contributed by atoms with Crippen LogP contribution in [-0.4, -0.2) is 25.9 Å². The SMILES string of the molecule is CC1(CNC(=O)c2cc(S(N)(=O)=O)c[nH]2)CCCCC1. The zero-order valence-electron chi connectivity index (χ0n) is 11.6. The summed E-state index contributed by atoms with van der Waals surface area (Å²) in [5.74, 6) is -0.299. The summed E-state index contributed by atoms with van der Waals surface area (Å²) in [4.78, 5) is 14.6. The summed E-state index contributed by atoms with van der Waals surface area (Å²) in [6.45, 7) is 2.78. The molecule has 112 valence electrons. The van der Waals surface area contributed by atoms with Crippen molar-refractivity contribution in [2.45, 2.75) is 43.9 Å². The van der Waals surface area contributed by atoms with Crippen molar-refractivity contribution < 1.29 is 13.2 Å². The number of amides is 1. The Hall–Kier alpha value is -1.34. The molecule has 0 saturated heterocycles. The summed E-state index contributed by atoms with van der Waals surface area (Å²) < 4.78 is 22.3. The number of sulfonamides is 1. The van der Waals surface area contributed by atoms with E-state index in [1.165, 1.54) is 31.5 Å². The van der Waals surface area contributed by atoms with Crippen LogP contribution >= 0.6 is 0 Å². The molecule has 0 unspecified atom stereocenters. The molecule has 0 bridgehead atoms. The molecule has 1 aromatic heterocycles. The minimum absolute atomic E-state index is 0.0773. The zero-order chi connectivity index (χ0) is 14.8. The minimum Gasteiger partial charge on any atom is -0.356 e. The van der Waals surface area contributed by atoms with Crippen LogP contribution in [0.2, 0.25) is 0 Å². The highest BCUT2D eigenvalue weighted by Gasteiger charge is 2.27. The van der Waals surface area contributed by atoms with Crippen molar-refractivity contribution in [1.29, 1.82) is 0 Å². The molecule has 6 nitrogen and oxygen atoms in total. The van der Waals surface area contributed by atoms with E-state index >= 15 is 0 Å². The Labute approximate surface area is 119 Å². The molecular formula is C13H21N3O3S. The van der Waals surface area contributed by atoms with Gasteiger partial charge in [0.2, 0.25) is 10.0 Å². The first-order valence-corrected chi connectivity index (χ1v) is 8.34. The van der Waals surface area contributed by atoms with Gasteiger partial charge in [-0.1, -0.05) is 26.2 Å². The van der Waals surface area contributed by atoms with Gasteiger partial charge in [0.1, 0.15) is 5.69 Å². The van der Waals surface area contributed by atoms with Gasteiger partial charge < -0.3 is 10.3 Å². The van der Waals surface area contributed by atoms with Gasteiger partial charge >= 0.3 is 0 Å². The third kappa shape index (κ3) is 3.61. The molecule has 1 aromatic rings. The monoisotopic (exact) mass is 299 g/mol. The van der Waals surface area contributed by atoms with E-state index in [1.807, 2.05) is 0 Å². The average Bonchev–Trinajstić information content (AvgIpc) is 2.86. The number of primary sulfonamides is 1. The van der Waals surface area contributed by atoms with E-state index < -0.39 is 10.0 Å². The van der Waals surface area contributed by atoms with Crippen LogP contribution in [0.5, 0.6) is 0 Å². The maximum atomic E-state index is 12.0. The number of aromatic amines is 1. The van der Waals surface area contributed by atoms with Crippen LogP contribution < -0.4 is 10.5 Å². The number of rotatable bonds is 4. The fourth-order valence-electron chi connectivity index (χ4n) is 2.64. The van der Waals surface area contributed by atoms with E-state index in [0.717, 1.165) is 12.8 Å². The van der Waals surface area contributed by atoms with Gasteiger partial charge in [0.15, 0.2) is 0 Å². The van der Waals surface area contributed by atoms with Crippen LogP contribution in [0.3, 0.4) is 0 Å². The normalized spacial score (nSPS) is 18.7. The highest BCUT2D eigenvalue weighted by molar-refractivity contribution is 7.89. The smallest absolute Gasteiger partial charge is 0.267 e. The summed E-state index contributed by atoms with van der Waals surface area (Å²) >= 11 is 0. The number of nitrogens with one attached hydrogen (secondary N) is 2. The Bertz CT molecular complexity index is 586. The lowest BCUT2D eigenvalue weighted by Crippen LogP contribution is -2.37. The highest BCUT2D eigenvalue weighted by atomic mass is 32.2. The number of carbonyl (C=O) groups is 1. The third-order valence-corrected chi connectivity index (χ3v) is 4.86. The van der Waals surface area contributed by atoms with Crippen LogP contribution in [0.1, 0.15) is 49.5 Å². The standard InChI is InChI=1S/C13H21N3O3S/c1-13(5-3-2-4-6-13)9-16-12(17)11-7-10(8-15-11)20(14,18)19/h7-8,15H,2-6,9H2,1H3,(H,16,17)(H2,14,18,19). The van der Waals surface area contributed by atoms with Crippen molar-refractivity contribution in [2.75, 3.05) is 6.54 Å². The molecule has 1 heterocycles. The number of carbonyl (C=O) groups excluding carboxylic acids is 1. The second-order valence-corrected chi connectivity index (χ2v) is 7.41. The first-order chi connectivity index (χ1) is 9.30. The molecule has 1 fully saturated rings. The van der Waals surface area contributed by atoms with E-state index in [-0.39, 0.29) is 21.9 Å². The molecular weight excluding hydrogens is 278 g/mol.